The first-order chi connectivity index (χ1) is 7.80. The van der Waals surface area contributed by atoms with Gasteiger partial charge < -0.3 is 16.2 Å². The number of rotatable bonds is 5. The molecular formula is C10H17N3O3S. The van der Waals surface area contributed by atoms with Crippen LogP contribution in [0.3, 0.4) is 0 Å². The summed E-state index contributed by atoms with van der Waals surface area (Å²) in [5.41, 5.74) is 6.39. The van der Waals surface area contributed by atoms with E-state index in [0.717, 1.165) is 0 Å². The van der Waals surface area contributed by atoms with Crippen LogP contribution < -0.4 is 16.2 Å². The van der Waals surface area contributed by atoms with Gasteiger partial charge in [0.2, 0.25) is 10.0 Å². The lowest BCUT2D eigenvalue weighted by atomic mass is 10.2. The Labute approximate surface area is 101 Å². The highest BCUT2D eigenvalue weighted by atomic mass is 32.2. The topological polar surface area (TPSA) is 118 Å². The molecule has 0 aliphatic rings. The summed E-state index contributed by atoms with van der Waals surface area (Å²) in [6, 6.07) is 4.44. The average molecular weight is 259 g/mol. The molecule has 0 spiro atoms. The first-order valence-electron chi connectivity index (χ1n) is 5.15. The summed E-state index contributed by atoms with van der Waals surface area (Å²) in [5, 5.41) is 17.1. The van der Waals surface area contributed by atoms with E-state index in [1.165, 1.54) is 12.1 Å². The van der Waals surface area contributed by atoms with Crippen LogP contribution in [0.4, 0.5) is 11.4 Å². The van der Waals surface area contributed by atoms with Gasteiger partial charge in [-0.3, -0.25) is 0 Å². The molecule has 0 aliphatic carbocycles. The number of hydrogen-bond acceptors (Lipinski definition) is 5. The molecular weight excluding hydrogens is 242 g/mol. The first kappa shape index (κ1) is 13.8. The van der Waals surface area contributed by atoms with Crippen LogP contribution in [-0.4, -0.2) is 26.2 Å². The molecule has 0 bridgehead atoms. The maximum atomic E-state index is 11.1. The van der Waals surface area contributed by atoms with Crippen molar-refractivity contribution in [3.05, 3.63) is 18.2 Å². The SMILES string of the molecule is CC(O)CCNc1ccc(S(N)(=O)=O)c(N)c1. The first-order valence-corrected chi connectivity index (χ1v) is 6.69. The van der Waals surface area contributed by atoms with E-state index in [-0.39, 0.29) is 16.7 Å². The highest BCUT2D eigenvalue weighted by Gasteiger charge is 2.12. The van der Waals surface area contributed by atoms with Gasteiger partial charge in [0.1, 0.15) is 4.90 Å². The van der Waals surface area contributed by atoms with Gasteiger partial charge in [-0.25, -0.2) is 13.6 Å². The van der Waals surface area contributed by atoms with Crippen LogP contribution >= 0.6 is 0 Å². The van der Waals surface area contributed by atoms with Crippen molar-refractivity contribution in [1.29, 1.82) is 0 Å². The van der Waals surface area contributed by atoms with Crippen LogP contribution in [0.5, 0.6) is 0 Å². The lowest BCUT2D eigenvalue weighted by molar-refractivity contribution is 0.189. The summed E-state index contributed by atoms with van der Waals surface area (Å²) in [5.74, 6) is 0. The molecule has 1 rings (SSSR count). The number of nitrogens with two attached hydrogens (primary N) is 2. The molecule has 6 nitrogen and oxygen atoms in total. The van der Waals surface area contributed by atoms with Crippen LogP contribution in [0.1, 0.15) is 13.3 Å². The number of anilines is 2. The van der Waals surface area contributed by atoms with Crippen molar-refractivity contribution in [2.24, 2.45) is 5.14 Å². The van der Waals surface area contributed by atoms with E-state index in [1.54, 1.807) is 13.0 Å². The molecule has 0 aliphatic heterocycles. The van der Waals surface area contributed by atoms with Gasteiger partial charge in [-0.2, -0.15) is 0 Å². The largest absolute Gasteiger partial charge is 0.398 e. The molecule has 0 amide bonds. The molecule has 1 atom stereocenters. The summed E-state index contributed by atoms with van der Waals surface area (Å²) in [6.45, 7) is 2.27. The molecule has 96 valence electrons. The summed E-state index contributed by atoms with van der Waals surface area (Å²) in [4.78, 5) is -0.0847. The average Bonchev–Trinajstić information content (AvgIpc) is 2.14. The van der Waals surface area contributed by atoms with E-state index in [9.17, 15) is 8.42 Å². The predicted octanol–water partition coefficient (Wildman–Crippen LogP) is 0.0990. The quantitative estimate of drug-likeness (QED) is 0.559. The molecule has 0 heterocycles. The molecule has 1 aromatic carbocycles. The van der Waals surface area contributed by atoms with Gasteiger partial charge in [0.15, 0.2) is 0 Å². The minimum Gasteiger partial charge on any atom is -0.398 e. The van der Waals surface area contributed by atoms with Gasteiger partial charge in [-0.15, -0.1) is 0 Å². The highest BCUT2D eigenvalue weighted by molar-refractivity contribution is 7.89. The maximum absolute atomic E-state index is 11.1. The Kier molecular flexibility index (Phi) is 4.33. The van der Waals surface area contributed by atoms with Crippen molar-refractivity contribution >= 4 is 21.4 Å². The Morgan fingerprint density at radius 1 is 1.47 bits per heavy atom. The van der Waals surface area contributed by atoms with Gasteiger partial charge in [-0.1, -0.05) is 0 Å². The predicted molar refractivity (Wildman–Crippen MR) is 67.0 cm³/mol. The third kappa shape index (κ3) is 4.22. The van der Waals surface area contributed by atoms with Crippen LogP contribution in [0, 0.1) is 0 Å². The Morgan fingerprint density at radius 2 is 2.12 bits per heavy atom. The van der Waals surface area contributed by atoms with Crippen molar-refractivity contribution in [3.63, 3.8) is 0 Å². The standard InChI is InChI=1S/C10H17N3O3S/c1-7(14)4-5-13-8-2-3-10(9(11)6-8)17(12,15)16/h2-3,6-7,13-14H,4-5,11H2,1H3,(H2,12,15,16). The van der Waals surface area contributed by atoms with E-state index < -0.39 is 10.0 Å². The summed E-state index contributed by atoms with van der Waals surface area (Å²) in [6.07, 6.45) is 0.208. The van der Waals surface area contributed by atoms with Crippen LogP contribution in [0.15, 0.2) is 23.1 Å². The number of aliphatic hydroxyl groups is 1. The minimum absolute atomic E-state index is 0.0847. The normalized spacial score (nSPS) is 13.4. The Hall–Kier alpha value is -1.31. The zero-order valence-corrected chi connectivity index (χ0v) is 10.4. The minimum atomic E-state index is -3.78. The molecule has 17 heavy (non-hydrogen) atoms. The second kappa shape index (κ2) is 5.35. The number of aliphatic hydroxyl groups excluding tert-OH is 1. The molecule has 7 heteroatoms. The number of sulfonamides is 1. The number of nitrogens with one attached hydrogen (secondary N) is 1. The van der Waals surface area contributed by atoms with Crippen LogP contribution in [-0.2, 0) is 10.0 Å². The van der Waals surface area contributed by atoms with Gasteiger partial charge in [-0.05, 0) is 31.5 Å². The Bertz CT molecular complexity index is 486. The lowest BCUT2D eigenvalue weighted by Crippen LogP contribution is -2.15. The molecule has 0 radical (unpaired) electrons. The molecule has 0 saturated heterocycles. The highest BCUT2D eigenvalue weighted by Crippen LogP contribution is 2.21. The maximum Gasteiger partial charge on any atom is 0.240 e. The van der Waals surface area contributed by atoms with Crippen molar-refractivity contribution in [3.8, 4) is 0 Å². The monoisotopic (exact) mass is 259 g/mol. The van der Waals surface area contributed by atoms with Gasteiger partial charge >= 0.3 is 0 Å². The summed E-state index contributed by atoms with van der Waals surface area (Å²) < 4.78 is 22.2. The lowest BCUT2D eigenvalue weighted by Gasteiger charge is -2.10. The van der Waals surface area contributed by atoms with Crippen molar-refractivity contribution in [2.75, 3.05) is 17.6 Å². The molecule has 6 N–H and O–H groups in total. The summed E-state index contributed by atoms with van der Waals surface area (Å²) >= 11 is 0. The van der Waals surface area contributed by atoms with Crippen LogP contribution in [0.2, 0.25) is 0 Å². The molecule has 1 aromatic rings. The zero-order chi connectivity index (χ0) is 13.1. The number of benzene rings is 1. The number of hydrogen-bond donors (Lipinski definition) is 4. The Balaban J connectivity index is 2.76. The van der Waals surface area contributed by atoms with Gasteiger partial charge in [0.05, 0.1) is 11.8 Å². The Morgan fingerprint density at radius 3 is 2.59 bits per heavy atom. The number of nitrogen functional groups attached to an aromatic ring is 1. The van der Waals surface area contributed by atoms with Gasteiger partial charge in [0.25, 0.3) is 0 Å². The van der Waals surface area contributed by atoms with E-state index in [4.69, 9.17) is 16.0 Å². The van der Waals surface area contributed by atoms with Crippen LogP contribution in [0.25, 0.3) is 0 Å². The van der Waals surface area contributed by atoms with Gasteiger partial charge in [0, 0.05) is 12.2 Å². The fourth-order valence-electron chi connectivity index (χ4n) is 1.34. The van der Waals surface area contributed by atoms with E-state index >= 15 is 0 Å². The summed E-state index contributed by atoms with van der Waals surface area (Å²) in [7, 11) is -3.78. The van der Waals surface area contributed by atoms with E-state index in [2.05, 4.69) is 5.32 Å². The second-order valence-corrected chi connectivity index (χ2v) is 5.39. The second-order valence-electron chi connectivity index (χ2n) is 3.86. The van der Waals surface area contributed by atoms with Crippen molar-refractivity contribution in [1.82, 2.24) is 0 Å². The zero-order valence-electron chi connectivity index (χ0n) is 9.55. The molecule has 0 aromatic heterocycles. The smallest absolute Gasteiger partial charge is 0.240 e. The van der Waals surface area contributed by atoms with E-state index in [1.807, 2.05) is 0 Å². The number of primary sulfonamides is 1. The third-order valence-electron chi connectivity index (χ3n) is 2.21. The molecule has 1 unspecified atom stereocenters. The third-order valence-corrected chi connectivity index (χ3v) is 3.19. The fraction of sp³-hybridized carbons (Fsp3) is 0.400. The molecule has 0 fully saturated rings. The van der Waals surface area contributed by atoms with Crippen molar-refractivity contribution in [2.45, 2.75) is 24.3 Å². The fourth-order valence-corrected chi connectivity index (χ4v) is 1.99. The van der Waals surface area contributed by atoms with E-state index in [0.29, 0.717) is 18.7 Å². The molecule has 0 saturated carbocycles. The van der Waals surface area contributed by atoms with Crippen molar-refractivity contribution < 1.29 is 13.5 Å².